The number of nitrogens with zero attached hydrogens (tertiary/aromatic N) is 1. The van der Waals surface area contributed by atoms with Crippen LogP contribution in [0.15, 0.2) is 18.2 Å². The van der Waals surface area contributed by atoms with Crippen LogP contribution in [0.3, 0.4) is 0 Å². The molecule has 0 spiro atoms. The Morgan fingerprint density at radius 2 is 1.90 bits per heavy atom. The molecule has 0 unspecified atom stereocenters. The minimum atomic E-state index is -4.27. The molecule has 21 heavy (non-hydrogen) atoms. The first-order chi connectivity index (χ1) is 9.68. The van der Waals surface area contributed by atoms with Gasteiger partial charge < -0.3 is 0 Å². The van der Waals surface area contributed by atoms with Crippen molar-refractivity contribution < 1.29 is 13.2 Å². The first-order valence-corrected chi connectivity index (χ1v) is 7.57. The molecule has 1 heterocycles. The summed E-state index contributed by atoms with van der Waals surface area (Å²) in [6, 6.07) is 4.66. The predicted octanol–water partition coefficient (Wildman–Crippen LogP) is 4.74. The summed E-state index contributed by atoms with van der Waals surface area (Å²) in [5.74, 6) is 1.69. The first-order valence-electron chi connectivity index (χ1n) is 7.57. The Balaban J connectivity index is 2.18. The fourth-order valence-electron chi connectivity index (χ4n) is 3.43. The standard InChI is InChI=1S/C17H24F3N/c1-11(2)15-10-21(8-13(15)4)9-14-6-5-12(3)7-16(14)17(18,19)20/h5-7,11,13,15H,8-10H2,1-4H3/t13-,15+/m1/s1. The van der Waals surface area contributed by atoms with Crippen LogP contribution in [-0.2, 0) is 12.7 Å². The highest BCUT2D eigenvalue weighted by Gasteiger charge is 2.36. The summed E-state index contributed by atoms with van der Waals surface area (Å²) in [6.07, 6.45) is -4.27. The van der Waals surface area contributed by atoms with Crippen LogP contribution in [-0.4, -0.2) is 18.0 Å². The molecule has 118 valence electrons. The zero-order valence-electron chi connectivity index (χ0n) is 13.2. The lowest BCUT2D eigenvalue weighted by atomic mass is 9.88. The Morgan fingerprint density at radius 3 is 2.43 bits per heavy atom. The molecule has 0 aliphatic carbocycles. The number of hydrogen-bond acceptors (Lipinski definition) is 1. The van der Waals surface area contributed by atoms with Crippen molar-refractivity contribution >= 4 is 0 Å². The molecule has 4 heteroatoms. The highest BCUT2D eigenvalue weighted by Crippen LogP contribution is 2.35. The molecule has 1 aromatic rings. The van der Waals surface area contributed by atoms with Gasteiger partial charge in [-0.15, -0.1) is 0 Å². The molecule has 1 nitrogen and oxygen atoms in total. The smallest absolute Gasteiger partial charge is 0.298 e. The summed E-state index contributed by atoms with van der Waals surface area (Å²) >= 11 is 0. The number of likely N-dealkylation sites (tertiary alicyclic amines) is 1. The minimum Gasteiger partial charge on any atom is -0.298 e. The molecule has 1 aliphatic rings. The highest BCUT2D eigenvalue weighted by atomic mass is 19.4. The summed E-state index contributed by atoms with van der Waals surface area (Å²) in [5, 5.41) is 0. The predicted molar refractivity (Wildman–Crippen MR) is 79.0 cm³/mol. The monoisotopic (exact) mass is 299 g/mol. The summed E-state index contributed by atoms with van der Waals surface area (Å²) < 4.78 is 39.5. The normalized spacial score (nSPS) is 24.0. The lowest BCUT2D eigenvalue weighted by Gasteiger charge is -2.21. The van der Waals surface area contributed by atoms with Gasteiger partial charge in [0.15, 0.2) is 0 Å². The third kappa shape index (κ3) is 3.79. The summed E-state index contributed by atoms with van der Waals surface area (Å²) in [4.78, 5) is 2.16. The minimum absolute atomic E-state index is 0.392. The number of rotatable bonds is 3. The molecule has 2 rings (SSSR count). The highest BCUT2D eigenvalue weighted by molar-refractivity contribution is 5.33. The number of benzene rings is 1. The van der Waals surface area contributed by atoms with E-state index in [0.29, 0.717) is 35.4 Å². The summed E-state index contributed by atoms with van der Waals surface area (Å²) in [6.45, 7) is 10.5. The summed E-state index contributed by atoms with van der Waals surface area (Å²) in [7, 11) is 0. The fourth-order valence-corrected chi connectivity index (χ4v) is 3.43. The molecule has 0 amide bonds. The largest absolute Gasteiger partial charge is 0.416 e. The van der Waals surface area contributed by atoms with Gasteiger partial charge in [0.05, 0.1) is 5.56 Å². The molecule has 1 aromatic carbocycles. The Hall–Kier alpha value is -1.03. The van der Waals surface area contributed by atoms with Crippen molar-refractivity contribution in [1.29, 1.82) is 0 Å². The maximum absolute atomic E-state index is 13.2. The van der Waals surface area contributed by atoms with Crippen LogP contribution in [0.5, 0.6) is 0 Å². The van der Waals surface area contributed by atoms with Crippen molar-refractivity contribution in [2.45, 2.75) is 40.4 Å². The molecule has 2 atom stereocenters. The quantitative estimate of drug-likeness (QED) is 0.779. The van der Waals surface area contributed by atoms with E-state index in [4.69, 9.17) is 0 Å². The van der Waals surface area contributed by atoms with Gasteiger partial charge in [0, 0.05) is 19.6 Å². The van der Waals surface area contributed by atoms with Crippen molar-refractivity contribution in [3.8, 4) is 0 Å². The molecule has 0 bridgehead atoms. The van der Waals surface area contributed by atoms with Gasteiger partial charge >= 0.3 is 6.18 Å². The number of alkyl halides is 3. The molecule has 1 saturated heterocycles. The van der Waals surface area contributed by atoms with Crippen LogP contribution in [0, 0.1) is 24.7 Å². The molecule has 0 N–H and O–H groups in total. The SMILES string of the molecule is Cc1ccc(CN2C[C@@H](C)[C@H](C(C)C)C2)c(C(F)(F)F)c1. The zero-order valence-corrected chi connectivity index (χ0v) is 13.2. The average Bonchev–Trinajstić information content (AvgIpc) is 2.71. The fraction of sp³-hybridized carbons (Fsp3) is 0.647. The third-order valence-corrected chi connectivity index (χ3v) is 4.57. The van der Waals surface area contributed by atoms with E-state index in [1.165, 1.54) is 6.07 Å². The van der Waals surface area contributed by atoms with E-state index in [2.05, 4.69) is 25.7 Å². The number of hydrogen-bond donors (Lipinski definition) is 0. The first kappa shape index (κ1) is 16.3. The van der Waals surface area contributed by atoms with Gasteiger partial charge in [-0.2, -0.15) is 13.2 Å². The van der Waals surface area contributed by atoms with E-state index in [0.717, 1.165) is 13.1 Å². The molecular formula is C17H24F3N. The maximum Gasteiger partial charge on any atom is 0.416 e. The van der Waals surface area contributed by atoms with E-state index in [1.807, 2.05) is 0 Å². The van der Waals surface area contributed by atoms with Gasteiger partial charge in [-0.1, -0.05) is 38.5 Å². The average molecular weight is 299 g/mol. The van der Waals surface area contributed by atoms with Gasteiger partial charge in [-0.3, -0.25) is 4.90 Å². The van der Waals surface area contributed by atoms with Gasteiger partial charge in [-0.05, 0) is 36.3 Å². The van der Waals surface area contributed by atoms with Gasteiger partial charge in [-0.25, -0.2) is 0 Å². The Labute approximate surface area is 125 Å². The number of aryl methyl sites for hydroxylation is 1. The second kappa shape index (κ2) is 5.99. The third-order valence-electron chi connectivity index (χ3n) is 4.57. The molecule has 1 fully saturated rings. The number of halogens is 3. The van der Waals surface area contributed by atoms with Crippen molar-refractivity contribution in [1.82, 2.24) is 4.90 Å². The summed E-state index contributed by atoms with van der Waals surface area (Å²) in [5.41, 5.74) is 0.564. The Kier molecular flexibility index (Phi) is 4.66. The maximum atomic E-state index is 13.2. The second-order valence-corrected chi connectivity index (χ2v) is 6.74. The van der Waals surface area contributed by atoms with Gasteiger partial charge in [0.1, 0.15) is 0 Å². The van der Waals surface area contributed by atoms with Crippen LogP contribution in [0.4, 0.5) is 13.2 Å². The second-order valence-electron chi connectivity index (χ2n) is 6.74. The zero-order chi connectivity index (χ0) is 15.8. The Morgan fingerprint density at radius 1 is 1.24 bits per heavy atom. The Bertz CT molecular complexity index is 493. The topological polar surface area (TPSA) is 3.24 Å². The van der Waals surface area contributed by atoms with E-state index < -0.39 is 11.7 Å². The molecular weight excluding hydrogens is 275 g/mol. The van der Waals surface area contributed by atoms with E-state index in [-0.39, 0.29) is 0 Å². The van der Waals surface area contributed by atoms with Crippen molar-refractivity contribution in [3.63, 3.8) is 0 Å². The van der Waals surface area contributed by atoms with Crippen molar-refractivity contribution in [2.24, 2.45) is 17.8 Å². The van der Waals surface area contributed by atoms with Crippen LogP contribution >= 0.6 is 0 Å². The molecule has 0 saturated carbocycles. The van der Waals surface area contributed by atoms with Crippen LogP contribution in [0.1, 0.15) is 37.5 Å². The van der Waals surface area contributed by atoms with Crippen molar-refractivity contribution in [3.05, 3.63) is 34.9 Å². The lowest BCUT2D eigenvalue weighted by Crippen LogP contribution is -2.23. The van der Waals surface area contributed by atoms with E-state index >= 15 is 0 Å². The lowest BCUT2D eigenvalue weighted by molar-refractivity contribution is -0.138. The molecule has 1 aliphatic heterocycles. The van der Waals surface area contributed by atoms with Crippen LogP contribution < -0.4 is 0 Å². The van der Waals surface area contributed by atoms with Crippen LogP contribution in [0.25, 0.3) is 0 Å². The van der Waals surface area contributed by atoms with E-state index in [9.17, 15) is 13.2 Å². The molecule has 0 radical (unpaired) electrons. The van der Waals surface area contributed by atoms with Gasteiger partial charge in [0.25, 0.3) is 0 Å². The molecule has 0 aromatic heterocycles. The van der Waals surface area contributed by atoms with Crippen LogP contribution in [0.2, 0.25) is 0 Å². The van der Waals surface area contributed by atoms with E-state index in [1.54, 1.807) is 19.1 Å². The van der Waals surface area contributed by atoms with Crippen molar-refractivity contribution in [2.75, 3.05) is 13.1 Å². The van der Waals surface area contributed by atoms with Gasteiger partial charge in [0.2, 0.25) is 0 Å².